The average molecular weight is 406 g/mol. The molecule has 0 saturated carbocycles. The van der Waals surface area contributed by atoms with Crippen molar-refractivity contribution in [3.63, 3.8) is 0 Å². The molecule has 3 rings (SSSR count). The number of H-pyrrole nitrogens is 1. The summed E-state index contributed by atoms with van der Waals surface area (Å²) in [4.78, 5) is 30.5. The lowest BCUT2D eigenvalue weighted by atomic mass is 10.1. The molecule has 7 heteroatoms. The Morgan fingerprint density at radius 2 is 1.90 bits per heavy atom. The summed E-state index contributed by atoms with van der Waals surface area (Å²) in [6, 6.07) is 15.2. The van der Waals surface area contributed by atoms with Crippen LogP contribution < -0.4 is 0 Å². The Balaban J connectivity index is 1.54. The van der Waals surface area contributed by atoms with Gasteiger partial charge in [-0.05, 0) is 44.9 Å². The number of carbonyl (C=O) groups excluding carboxylic acids is 2. The molecule has 0 aliphatic rings. The van der Waals surface area contributed by atoms with Crippen LogP contribution in [0.4, 0.5) is 0 Å². The third-order valence-electron chi connectivity index (χ3n) is 4.79. The molecule has 0 bridgehead atoms. The molecule has 156 valence electrons. The van der Waals surface area contributed by atoms with Gasteiger partial charge < -0.3 is 9.64 Å². The highest BCUT2D eigenvalue weighted by Gasteiger charge is 2.17. The number of hydrogen-bond donors (Lipinski definition) is 1. The topological polar surface area (TPSA) is 88.2 Å². The van der Waals surface area contributed by atoms with Crippen molar-refractivity contribution in [2.75, 3.05) is 20.2 Å². The van der Waals surface area contributed by atoms with Crippen LogP contribution in [0.2, 0.25) is 0 Å². The molecule has 3 aromatic rings. The maximum absolute atomic E-state index is 12.7. The summed E-state index contributed by atoms with van der Waals surface area (Å²) in [7, 11) is 1.75. The first kappa shape index (κ1) is 21.2. The highest BCUT2D eigenvalue weighted by atomic mass is 16.5. The number of amides is 1. The van der Waals surface area contributed by atoms with Crippen LogP contribution >= 0.6 is 0 Å². The second kappa shape index (κ2) is 9.82. The number of carbonyl (C=O) groups is 2. The van der Waals surface area contributed by atoms with Crippen LogP contribution in [0.1, 0.15) is 45.6 Å². The molecule has 0 radical (unpaired) electrons. The van der Waals surface area contributed by atoms with Crippen molar-refractivity contribution in [3.8, 4) is 11.3 Å². The van der Waals surface area contributed by atoms with Crippen molar-refractivity contribution >= 4 is 11.9 Å². The van der Waals surface area contributed by atoms with E-state index in [2.05, 4.69) is 15.2 Å². The molecule has 1 amide bonds. The minimum absolute atomic E-state index is 0.178. The molecule has 7 nitrogen and oxygen atoms in total. The van der Waals surface area contributed by atoms with Crippen LogP contribution in [-0.4, -0.2) is 52.2 Å². The number of pyridine rings is 1. The highest BCUT2D eigenvalue weighted by molar-refractivity contribution is 5.94. The largest absolute Gasteiger partial charge is 0.462 e. The highest BCUT2D eigenvalue weighted by Crippen LogP contribution is 2.17. The Labute approximate surface area is 176 Å². The molecule has 30 heavy (non-hydrogen) atoms. The van der Waals surface area contributed by atoms with Crippen LogP contribution in [0.3, 0.4) is 0 Å². The Morgan fingerprint density at radius 3 is 2.60 bits per heavy atom. The molecule has 0 saturated heterocycles. The summed E-state index contributed by atoms with van der Waals surface area (Å²) in [5, 5.41) is 7.42. The molecule has 0 fully saturated rings. The van der Waals surface area contributed by atoms with Gasteiger partial charge in [0.25, 0.3) is 5.91 Å². The second-order valence-corrected chi connectivity index (χ2v) is 7.02. The molecule has 0 unspecified atom stereocenters. The van der Waals surface area contributed by atoms with E-state index in [9.17, 15) is 9.59 Å². The van der Waals surface area contributed by atoms with Gasteiger partial charge >= 0.3 is 5.97 Å². The molecular weight excluding hydrogens is 380 g/mol. The number of benzene rings is 1. The summed E-state index contributed by atoms with van der Waals surface area (Å²) in [6.07, 6.45) is 1.57. The summed E-state index contributed by atoms with van der Waals surface area (Å²) < 4.78 is 5.00. The lowest BCUT2D eigenvalue weighted by Gasteiger charge is -2.17. The third kappa shape index (κ3) is 5.11. The van der Waals surface area contributed by atoms with Crippen molar-refractivity contribution in [1.82, 2.24) is 20.1 Å². The Kier molecular flexibility index (Phi) is 6.95. The lowest BCUT2D eigenvalue weighted by Crippen LogP contribution is -2.29. The zero-order valence-electron chi connectivity index (χ0n) is 17.5. The third-order valence-corrected chi connectivity index (χ3v) is 4.79. The van der Waals surface area contributed by atoms with Crippen molar-refractivity contribution in [1.29, 1.82) is 0 Å². The predicted octanol–water partition coefficient (Wildman–Crippen LogP) is 3.66. The number of ether oxygens (including phenoxy) is 1. The molecule has 1 N–H and O–H groups in total. The molecule has 0 spiro atoms. The number of aromatic amines is 1. The normalized spacial score (nSPS) is 10.6. The van der Waals surface area contributed by atoms with Crippen LogP contribution in [0.5, 0.6) is 0 Å². The standard InChI is InChI=1S/C23H26N4O3/c1-4-30-23(29)19-12-13-20(24-16(19)2)22(28)27(3)14-8-11-18-15-21(26-25-18)17-9-6-5-7-10-17/h5-7,9-10,12-13,15H,4,8,11,14H2,1-3H3,(H,25,26). The fraction of sp³-hybridized carbons (Fsp3) is 0.304. The van der Waals surface area contributed by atoms with E-state index in [0.29, 0.717) is 30.1 Å². The lowest BCUT2D eigenvalue weighted by molar-refractivity contribution is 0.0524. The number of nitrogens with zero attached hydrogens (tertiary/aromatic N) is 3. The van der Waals surface area contributed by atoms with Crippen molar-refractivity contribution in [3.05, 3.63) is 71.2 Å². The van der Waals surface area contributed by atoms with Gasteiger partial charge in [0.15, 0.2) is 0 Å². The van der Waals surface area contributed by atoms with Crippen molar-refractivity contribution in [2.45, 2.75) is 26.7 Å². The quantitative estimate of drug-likeness (QED) is 0.577. The Morgan fingerprint density at radius 1 is 1.13 bits per heavy atom. The zero-order valence-corrected chi connectivity index (χ0v) is 17.5. The number of aryl methyl sites for hydroxylation is 2. The van der Waals surface area contributed by atoms with E-state index < -0.39 is 5.97 Å². The minimum Gasteiger partial charge on any atom is -0.462 e. The SMILES string of the molecule is CCOC(=O)c1ccc(C(=O)N(C)CCCc2cc(-c3ccccc3)n[nH]2)nc1C. The van der Waals surface area contributed by atoms with E-state index in [1.165, 1.54) is 0 Å². The first-order valence-electron chi connectivity index (χ1n) is 9.99. The maximum Gasteiger partial charge on any atom is 0.339 e. The fourth-order valence-electron chi connectivity index (χ4n) is 3.15. The molecule has 2 heterocycles. The first-order valence-corrected chi connectivity index (χ1v) is 9.99. The van der Waals surface area contributed by atoms with Crippen LogP contribution in [-0.2, 0) is 11.2 Å². The van der Waals surface area contributed by atoms with E-state index in [4.69, 9.17) is 4.74 Å². The Hall–Kier alpha value is -3.48. The summed E-state index contributed by atoms with van der Waals surface area (Å²) >= 11 is 0. The minimum atomic E-state index is -0.427. The number of rotatable bonds is 8. The van der Waals surface area contributed by atoms with Gasteiger partial charge in [0.1, 0.15) is 5.69 Å². The van der Waals surface area contributed by atoms with Gasteiger partial charge in [-0.2, -0.15) is 5.10 Å². The second-order valence-electron chi connectivity index (χ2n) is 7.02. The van der Waals surface area contributed by atoms with Crippen molar-refractivity contribution < 1.29 is 14.3 Å². The van der Waals surface area contributed by atoms with E-state index in [1.54, 1.807) is 37.9 Å². The average Bonchev–Trinajstić information content (AvgIpc) is 3.22. The van der Waals surface area contributed by atoms with Crippen LogP contribution in [0.15, 0.2) is 48.5 Å². The number of nitrogens with one attached hydrogen (secondary N) is 1. The molecular formula is C23H26N4O3. The van der Waals surface area contributed by atoms with E-state index in [-0.39, 0.29) is 5.91 Å². The van der Waals surface area contributed by atoms with Gasteiger partial charge in [-0.1, -0.05) is 30.3 Å². The summed E-state index contributed by atoms with van der Waals surface area (Å²) in [5.41, 5.74) is 4.19. The number of hydrogen-bond acceptors (Lipinski definition) is 5. The van der Waals surface area contributed by atoms with E-state index in [0.717, 1.165) is 29.8 Å². The molecule has 0 atom stereocenters. The maximum atomic E-state index is 12.7. The molecule has 2 aromatic heterocycles. The summed E-state index contributed by atoms with van der Waals surface area (Å²) in [5.74, 6) is -0.604. The zero-order chi connectivity index (χ0) is 21.5. The molecule has 1 aromatic carbocycles. The number of aromatic nitrogens is 3. The molecule has 0 aliphatic heterocycles. The van der Waals surface area contributed by atoms with Gasteiger partial charge in [-0.15, -0.1) is 0 Å². The monoisotopic (exact) mass is 406 g/mol. The van der Waals surface area contributed by atoms with E-state index >= 15 is 0 Å². The van der Waals surface area contributed by atoms with E-state index in [1.807, 2.05) is 36.4 Å². The van der Waals surface area contributed by atoms with Crippen LogP contribution in [0, 0.1) is 6.92 Å². The van der Waals surface area contributed by atoms with Gasteiger partial charge in [0, 0.05) is 24.8 Å². The first-order chi connectivity index (χ1) is 14.5. The number of esters is 1. The smallest absolute Gasteiger partial charge is 0.339 e. The molecule has 0 aliphatic carbocycles. The fourth-order valence-corrected chi connectivity index (χ4v) is 3.15. The van der Waals surface area contributed by atoms with Gasteiger partial charge in [-0.3, -0.25) is 9.89 Å². The van der Waals surface area contributed by atoms with Gasteiger partial charge in [0.2, 0.25) is 0 Å². The van der Waals surface area contributed by atoms with Crippen molar-refractivity contribution in [2.24, 2.45) is 0 Å². The summed E-state index contributed by atoms with van der Waals surface area (Å²) in [6.45, 7) is 4.33. The predicted molar refractivity (Wildman–Crippen MR) is 114 cm³/mol. The van der Waals surface area contributed by atoms with Crippen LogP contribution in [0.25, 0.3) is 11.3 Å². The van der Waals surface area contributed by atoms with Gasteiger partial charge in [-0.25, -0.2) is 9.78 Å². The van der Waals surface area contributed by atoms with Gasteiger partial charge in [0.05, 0.1) is 23.6 Å². The Bertz CT molecular complexity index is 1010.